The lowest BCUT2D eigenvalue weighted by Crippen LogP contribution is -2.38. The number of carbonyl (C=O) groups is 1. The minimum atomic E-state index is -0.693. The number of ether oxygens (including phenoxy) is 1. The molecule has 0 bridgehead atoms. The molecule has 0 heterocycles. The number of para-hydroxylation sites is 1. The van der Waals surface area contributed by atoms with Gasteiger partial charge in [-0.15, -0.1) is 5.06 Å². The fraction of sp³-hybridized carbons (Fsp3) is 0.0714. The Morgan fingerprint density at radius 1 is 1.00 bits per heavy atom. The van der Waals surface area contributed by atoms with Gasteiger partial charge in [-0.25, -0.2) is 4.79 Å². The molecule has 98 valence electrons. The quantitative estimate of drug-likeness (QED) is 0.857. The van der Waals surface area contributed by atoms with E-state index in [1.165, 1.54) is 0 Å². The van der Waals surface area contributed by atoms with E-state index in [0.29, 0.717) is 17.2 Å². The van der Waals surface area contributed by atoms with Gasteiger partial charge < -0.3 is 15.3 Å². The average molecular weight is 258 g/mol. The standard InChI is InChI=1S/C14H14N2O3/c1-18-12-7-9-13(10-8-12)19-16(14(15)17)11-5-3-2-4-6-11/h2-10H,1H3,(H2,15,17). The van der Waals surface area contributed by atoms with Gasteiger partial charge in [-0.05, 0) is 36.4 Å². The number of hydrogen-bond donors (Lipinski definition) is 1. The number of hydroxylamine groups is 1. The molecule has 0 atom stereocenters. The highest BCUT2D eigenvalue weighted by Gasteiger charge is 2.14. The van der Waals surface area contributed by atoms with Crippen LogP contribution in [0.3, 0.4) is 0 Å². The first-order valence-electron chi connectivity index (χ1n) is 5.67. The molecule has 5 heteroatoms. The summed E-state index contributed by atoms with van der Waals surface area (Å²) in [5, 5.41) is 1.03. The Bertz CT molecular complexity index is 540. The van der Waals surface area contributed by atoms with E-state index in [1.807, 2.05) is 6.07 Å². The van der Waals surface area contributed by atoms with Crippen molar-refractivity contribution < 1.29 is 14.4 Å². The molecule has 5 nitrogen and oxygen atoms in total. The van der Waals surface area contributed by atoms with Gasteiger partial charge in [0, 0.05) is 0 Å². The van der Waals surface area contributed by atoms with Crippen molar-refractivity contribution in [2.75, 3.05) is 12.2 Å². The van der Waals surface area contributed by atoms with Gasteiger partial charge in [-0.3, -0.25) is 0 Å². The number of anilines is 1. The van der Waals surface area contributed by atoms with E-state index in [2.05, 4.69) is 0 Å². The lowest BCUT2D eigenvalue weighted by atomic mass is 10.3. The first-order valence-corrected chi connectivity index (χ1v) is 5.67. The Balaban J connectivity index is 2.19. The first kappa shape index (κ1) is 12.8. The zero-order valence-corrected chi connectivity index (χ0v) is 10.4. The van der Waals surface area contributed by atoms with Crippen LogP contribution in [0, 0.1) is 0 Å². The Kier molecular flexibility index (Phi) is 3.87. The highest BCUT2D eigenvalue weighted by atomic mass is 16.7. The van der Waals surface area contributed by atoms with Crippen molar-refractivity contribution in [2.24, 2.45) is 5.73 Å². The lowest BCUT2D eigenvalue weighted by molar-refractivity contribution is 0.221. The molecule has 2 N–H and O–H groups in total. The fourth-order valence-corrected chi connectivity index (χ4v) is 1.53. The Hall–Kier alpha value is -2.69. The number of rotatable bonds is 4. The largest absolute Gasteiger partial charge is 0.497 e. The number of nitrogens with zero attached hydrogens (tertiary/aromatic N) is 1. The number of benzene rings is 2. The van der Waals surface area contributed by atoms with E-state index < -0.39 is 6.03 Å². The molecule has 0 spiro atoms. The van der Waals surface area contributed by atoms with Gasteiger partial charge in [0.15, 0.2) is 5.75 Å². The molecule has 2 rings (SSSR count). The predicted octanol–water partition coefficient (Wildman–Crippen LogP) is 2.57. The Morgan fingerprint density at radius 3 is 2.11 bits per heavy atom. The van der Waals surface area contributed by atoms with E-state index in [1.54, 1.807) is 55.6 Å². The molecule has 2 amide bonds. The summed E-state index contributed by atoms with van der Waals surface area (Å²) in [6.07, 6.45) is 0. The Morgan fingerprint density at radius 2 is 1.58 bits per heavy atom. The van der Waals surface area contributed by atoms with Crippen LogP contribution in [0.15, 0.2) is 54.6 Å². The lowest BCUT2D eigenvalue weighted by Gasteiger charge is -2.20. The summed E-state index contributed by atoms with van der Waals surface area (Å²) in [6.45, 7) is 0. The molecule has 0 aliphatic carbocycles. The van der Waals surface area contributed by atoms with Gasteiger partial charge in [0.25, 0.3) is 0 Å². The molecule has 0 aliphatic heterocycles. The van der Waals surface area contributed by atoms with E-state index in [4.69, 9.17) is 15.3 Å². The second kappa shape index (κ2) is 5.77. The second-order valence-corrected chi connectivity index (χ2v) is 3.73. The predicted molar refractivity (Wildman–Crippen MR) is 72.1 cm³/mol. The molecule has 2 aromatic carbocycles. The Labute approximate surface area is 111 Å². The van der Waals surface area contributed by atoms with E-state index in [9.17, 15) is 4.79 Å². The van der Waals surface area contributed by atoms with Crippen molar-refractivity contribution in [3.8, 4) is 11.5 Å². The van der Waals surface area contributed by atoms with Gasteiger partial charge in [-0.2, -0.15) is 0 Å². The molecule has 0 aromatic heterocycles. The molecule has 0 aliphatic rings. The van der Waals surface area contributed by atoms with E-state index >= 15 is 0 Å². The van der Waals surface area contributed by atoms with Gasteiger partial charge >= 0.3 is 6.03 Å². The van der Waals surface area contributed by atoms with Crippen LogP contribution >= 0.6 is 0 Å². The number of nitrogens with two attached hydrogens (primary N) is 1. The van der Waals surface area contributed by atoms with Crippen LogP contribution in [0.5, 0.6) is 11.5 Å². The normalized spacial score (nSPS) is 9.74. The van der Waals surface area contributed by atoms with Crippen molar-refractivity contribution in [1.82, 2.24) is 0 Å². The maximum absolute atomic E-state index is 11.4. The van der Waals surface area contributed by atoms with Crippen molar-refractivity contribution in [3.05, 3.63) is 54.6 Å². The number of hydrogen-bond acceptors (Lipinski definition) is 3. The highest BCUT2D eigenvalue weighted by molar-refractivity contribution is 5.88. The summed E-state index contributed by atoms with van der Waals surface area (Å²) in [4.78, 5) is 16.9. The van der Waals surface area contributed by atoms with Crippen molar-refractivity contribution in [2.45, 2.75) is 0 Å². The second-order valence-electron chi connectivity index (χ2n) is 3.73. The van der Waals surface area contributed by atoms with Crippen LogP contribution in [-0.4, -0.2) is 13.1 Å². The molecular weight excluding hydrogens is 244 g/mol. The molecule has 19 heavy (non-hydrogen) atoms. The van der Waals surface area contributed by atoms with Gasteiger partial charge in [0.2, 0.25) is 0 Å². The number of urea groups is 1. The number of amides is 2. The molecule has 0 unspecified atom stereocenters. The van der Waals surface area contributed by atoms with Crippen LogP contribution in [0.1, 0.15) is 0 Å². The van der Waals surface area contributed by atoms with Crippen LogP contribution in [0.4, 0.5) is 10.5 Å². The zero-order chi connectivity index (χ0) is 13.7. The van der Waals surface area contributed by atoms with Crippen molar-refractivity contribution in [3.63, 3.8) is 0 Å². The molecule has 0 fully saturated rings. The van der Waals surface area contributed by atoms with Gasteiger partial charge in [-0.1, -0.05) is 18.2 Å². The molecule has 2 aromatic rings. The summed E-state index contributed by atoms with van der Waals surface area (Å²) in [7, 11) is 1.58. The summed E-state index contributed by atoms with van der Waals surface area (Å²) in [6, 6.07) is 15.1. The summed E-state index contributed by atoms with van der Waals surface area (Å²) in [5.41, 5.74) is 5.87. The SMILES string of the molecule is COc1ccc(ON(C(N)=O)c2ccccc2)cc1. The minimum absolute atomic E-state index is 0.489. The molecular formula is C14H14N2O3. The van der Waals surface area contributed by atoms with Crippen LogP contribution < -0.4 is 20.4 Å². The number of methoxy groups -OCH3 is 1. The van der Waals surface area contributed by atoms with Crippen LogP contribution in [0.2, 0.25) is 0 Å². The average Bonchev–Trinajstić information content (AvgIpc) is 2.46. The smallest absolute Gasteiger partial charge is 0.352 e. The summed E-state index contributed by atoms with van der Waals surface area (Å²) >= 11 is 0. The zero-order valence-electron chi connectivity index (χ0n) is 10.4. The topological polar surface area (TPSA) is 64.8 Å². The van der Waals surface area contributed by atoms with Gasteiger partial charge in [0.1, 0.15) is 5.75 Å². The molecule has 0 saturated heterocycles. The summed E-state index contributed by atoms with van der Waals surface area (Å²) in [5.74, 6) is 1.20. The number of carbonyl (C=O) groups excluding carboxylic acids is 1. The summed E-state index contributed by atoms with van der Waals surface area (Å²) < 4.78 is 5.05. The number of primary amides is 1. The molecule has 0 saturated carbocycles. The monoisotopic (exact) mass is 258 g/mol. The van der Waals surface area contributed by atoms with Crippen molar-refractivity contribution >= 4 is 11.7 Å². The van der Waals surface area contributed by atoms with Crippen LogP contribution in [-0.2, 0) is 0 Å². The molecule has 0 radical (unpaired) electrons. The maximum Gasteiger partial charge on any atom is 0.352 e. The third-order valence-corrected chi connectivity index (χ3v) is 2.45. The van der Waals surface area contributed by atoms with Gasteiger partial charge in [0.05, 0.1) is 12.8 Å². The fourth-order valence-electron chi connectivity index (χ4n) is 1.53. The van der Waals surface area contributed by atoms with Crippen molar-refractivity contribution in [1.29, 1.82) is 0 Å². The van der Waals surface area contributed by atoms with Crippen LogP contribution in [0.25, 0.3) is 0 Å². The van der Waals surface area contributed by atoms with E-state index in [-0.39, 0.29) is 0 Å². The third-order valence-electron chi connectivity index (χ3n) is 2.45. The first-order chi connectivity index (χ1) is 9.20. The highest BCUT2D eigenvalue weighted by Crippen LogP contribution is 2.21. The van der Waals surface area contributed by atoms with E-state index in [0.717, 1.165) is 5.06 Å². The minimum Gasteiger partial charge on any atom is -0.497 e. The third kappa shape index (κ3) is 3.16. The maximum atomic E-state index is 11.4.